The summed E-state index contributed by atoms with van der Waals surface area (Å²) in [5.74, 6) is 0.315. The Bertz CT molecular complexity index is 901. The summed E-state index contributed by atoms with van der Waals surface area (Å²) in [7, 11) is -3.53. The molecule has 1 aromatic carbocycles. The van der Waals surface area contributed by atoms with Crippen LogP contribution in [0.3, 0.4) is 0 Å². The summed E-state index contributed by atoms with van der Waals surface area (Å²) in [5.41, 5.74) is 1.18. The van der Waals surface area contributed by atoms with Gasteiger partial charge in [0.25, 0.3) is 5.91 Å². The predicted octanol–water partition coefficient (Wildman–Crippen LogP) is 2.91. The molecule has 1 aliphatic heterocycles. The number of hydrogen-bond acceptors (Lipinski definition) is 4. The number of hydrogen-bond donors (Lipinski definition) is 1. The first-order valence-corrected chi connectivity index (χ1v) is 10.1. The lowest BCUT2D eigenvalue weighted by Crippen LogP contribution is -2.39. The van der Waals surface area contributed by atoms with E-state index in [4.69, 9.17) is 4.42 Å². The standard InChI is InChI=1S/C18H24N2O4S/c1-4-19-18(21)17-13(3)15-10-14(7-8-16(15)24-17)25(22,23)20-9-5-6-12(2)11-20/h7-8,10,12H,4-6,9,11H2,1-3H3,(H,19,21). The van der Waals surface area contributed by atoms with E-state index in [-0.39, 0.29) is 16.6 Å². The van der Waals surface area contributed by atoms with Crippen LogP contribution in [-0.2, 0) is 10.0 Å². The fourth-order valence-electron chi connectivity index (χ4n) is 3.33. The Labute approximate surface area is 148 Å². The minimum Gasteiger partial charge on any atom is -0.451 e. The lowest BCUT2D eigenvalue weighted by atomic mass is 10.0. The Morgan fingerprint density at radius 2 is 2.16 bits per heavy atom. The predicted molar refractivity (Wildman–Crippen MR) is 96.1 cm³/mol. The summed E-state index contributed by atoms with van der Waals surface area (Å²) in [6.45, 7) is 7.29. The average molecular weight is 364 g/mol. The zero-order chi connectivity index (χ0) is 18.2. The number of nitrogens with zero attached hydrogens (tertiary/aromatic N) is 1. The van der Waals surface area contributed by atoms with E-state index in [0.29, 0.717) is 42.1 Å². The van der Waals surface area contributed by atoms with Gasteiger partial charge in [-0.2, -0.15) is 4.31 Å². The summed E-state index contributed by atoms with van der Waals surface area (Å²) in [6, 6.07) is 4.80. The first-order chi connectivity index (χ1) is 11.8. The van der Waals surface area contributed by atoms with Crippen LogP contribution in [0.15, 0.2) is 27.5 Å². The van der Waals surface area contributed by atoms with Crippen molar-refractivity contribution >= 4 is 26.9 Å². The summed E-state index contributed by atoms with van der Waals surface area (Å²) < 4.78 is 33.1. The van der Waals surface area contributed by atoms with Crippen LogP contribution < -0.4 is 5.32 Å². The molecule has 1 atom stereocenters. The highest BCUT2D eigenvalue weighted by atomic mass is 32.2. The highest BCUT2D eigenvalue weighted by Gasteiger charge is 2.29. The molecular weight excluding hydrogens is 340 g/mol. The van der Waals surface area contributed by atoms with Crippen molar-refractivity contribution in [3.05, 3.63) is 29.5 Å². The van der Waals surface area contributed by atoms with Crippen molar-refractivity contribution < 1.29 is 17.6 Å². The van der Waals surface area contributed by atoms with Gasteiger partial charge in [-0.25, -0.2) is 8.42 Å². The number of rotatable bonds is 4. The summed E-state index contributed by atoms with van der Waals surface area (Å²) in [5, 5.41) is 3.37. The zero-order valence-corrected chi connectivity index (χ0v) is 15.6. The average Bonchev–Trinajstić information content (AvgIpc) is 2.91. The monoisotopic (exact) mass is 364 g/mol. The number of fused-ring (bicyclic) bond motifs is 1. The van der Waals surface area contributed by atoms with E-state index in [1.165, 1.54) is 0 Å². The molecule has 0 saturated carbocycles. The van der Waals surface area contributed by atoms with E-state index in [1.807, 2.05) is 6.92 Å². The molecule has 1 saturated heterocycles. The number of aryl methyl sites for hydroxylation is 1. The second kappa shape index (κ2) is 6.80. The molecule has 2 aromatic rings. The molecule has 0 spiro atoms. The Kier molecular flexibility index (Phi) is 4.88. The molecule has 1 N–H and O–H groups in total. The van der Waals surface area contributed by atoms with E-state index in [0.717, 1.165) is 12.8 Å². The quantitative estimate of drug-likeness (QED) is 0.905. The van der Waals surface area contributed by atoms with E-state index in [9.17, 15) is 13.2 Å². The minimum absolute atomic E-state index is 0.234. The van der Waals surface area contributed by atoms with Gasteiger partial charge in [-0.15, -0.1) is 0 Å². The third-order valence-electron chi connectivity index (χ3n) is 4.71. The Hall–Kier alpha value is -1.86. The number of carbonyl (C=O) groups is 1. The molecule has 1 aromatic heterocycles. The Morgan fingerprint density at radius 1 is 1.40 bits per heavy atom. The highest BCUT2D eigenvalue weighted by molar-refractivity contribution is 7.89. The number of sulfonamides is 1. The molecule has 1 fully saturated rings. The second-order valence-corrected chi connectivity index (χ2v) is 8.62. The SMILES string of the molecule is CCNC(=O)c1oc2ccc(S(=O)(=O)N3CCCC(C)C3)cc2c1C. The van der Waals surface area contributed by atoms with Crippen LogP contribution in [0.25, 0.3) is 11.0 Å². The van der Waals surface area contributed by atoms with Gasteiger partial charge < -0.3 is 9.73 Å². The maximum absolute atomic E-state index is 12.9. The van der Waals surface area contributed by atoms with Crippen LogP contribution in [0.5, 0.6) is 0 Å². The van der Waals surface area contributed by atoms with Crippen LogP contribution in [0.2, 0.25) is 0 Å². The number of nitrogens with one attached hydrogen (secondary N) is 1. The van der Waals surface area contributed by atoms with Gasteiger partial charge in [0, 0.05) is 30.6 Å². The molecule has 1 aliphatic rings. The summed E-state index contributed by atoms with van der Waals surface area (Å²) in [4.78, 5) is 12.3. The molecule has 2 heterocycles. The van der Waals surface area contributed by atoms with Gasteiger partial charge >= 0.3 is 0 Å². The Morgan fingerprint density at radius 3 is 2.84 bits per heavy atom. The number of carbonyl (C=O) groups excluding carboxylic acids is 1. The lowest BCUT2D eigenvalue weighted by molar-refractivity contribution is 0.0929. The molecule has 0 bridgehead atoms. The maximum Gasteiger partial charge on any atom is 0.287 e. The van der Waals surface area contributed by atoms with Crippen LogP contribution in [0.1, 0.15) is 42.8 Å². The van der Waals surface area contributed by atoms with Gasteiger partial charge in [-0.05, 0) is 50.8 Å². The summed E-state index contributed by atoms with van der Waals surface area (Å²) >= 11 is 0. The van der Waals surface area contributed by atoms with Crippen molar-refractivity contribution in [2.75, 3.05) is 19.6 Å². The van der Waals surface area contributed by atoms with Crippen molar-refractivity contribution in [1.82, 2.24) is 9.62 Å². The molecule has 0 aliphatic carbocycles. The minimum atomic E-state index is -3.53. The van der Waals surface area contributed by atoms with Crippen LogP contribution in [-0.4, -0.2) is 38.3 Å². The van der Waals surface area contributed by atoms with Crippen molar-refractivity contribution in [3.63, 3.8) is 0 Å². The third-order valence-corrected chi connectivity index (χ3v) is 6.57. The number of benzene rings is 1. The third kappa shape index (κ3) is 3.30. The molecule has 136 valence electrons. The van der Waals surface area contributed by atoms with E-state index >= 15 is 0 Å². The molecule has 1 amide bonds. The first-order valence-electron chi connectivity index (χ1n) is 8.66. The lowest BCUT2D eigenvalue weighted by Gasteiger charge is -2.30. The molecule has 6 nitrogen and oxygen atoms in total. The van der Waals surface area contributed by atoms with E-state index < -0.39 is 10.0 Å². The normalized spacial score (nSPS) is 19.2. The fraction of sp³-hybridized carbons (Fsp3) is 0.500. The number of piperidine rings is 1. The Balaban J connectivity index is 2.00. The molecular formula is C18H24N2O4S. The largest absolute Gasteiger partial charge is 0.451 e. The molecule has 1 unspecified atom stereocenters. The van der Waals surface area contributed by atoms with Gasteiger partial charge in [-0.3, -0.25) is 4.79 Å². The van der Waals surface area contributed by atoms with Gasteiger partial charge in [0.05, 0.1) is 4.90 Å². The van der Waals surface area contributed by atoms with E-state index in [2.05, 4.69) is 12.2 Å². The topological polar surface area (TPSA) is 79.6 Å². The maximum atomic E-state index is 12.9. The second-order valence-electron chi connectivity index (χ2n) is 6.68. The highest BCUT2D eigenvalue weighted by Crippen LogP contribution is 2.30. The first kappa shape index (κ1) is 17.9. The van der Waals surface area contributed by atoms with E-state index in [1.54, 1.807) is 29.4 Å². The van der Waals surface area contributed by atoms with Gasteiger partial charge in [0.2, 0.25) is 10.0 Å². The van der Waals surface area contributed by atoms with Crippen LogP contribution >= 0.6 is 0 Å². The molecule has 25 heavy (non-hydrogen) atoms. The van der Waals surface area contributed by atoms with Gasteiger partial charge in [0.1, 0.15) is 5.58 Å². The van der Waals surface area contributed by atoms with Crippen molar-refractivity contribution in [3.8, 4) is 0 Å². The summed E-state index contributed by atoms with van der Waals surface area (Å²) in [6.07, 6.45) is 1.94. The number of amides is 1. The van der Waals surface area contributed by atoms with Crippen LogP contribution in [0.4, 0.5) is 0 Å². The van der Waals surface area contributed by atoms with Crippen molar-refractivity contribution in [2.24, 2.45) is 5.92 Å². The van der Waals surface area contributed by atoms with Crippen molar-refractivity contribution in [1.29, 1.82) is 0 Å². The molecule has 3 rings (SSSR count). The zero-order valence-electron chi connectivity index (χ0n) is 14.8. The smallest absolute Gasteiger partial charge is 0.287 e. The fourth-order valence-corrected chi connectivity index (χ4v) is 4.96. The molecule has 7 heteroatoms. The van der Waals surface area contributed by atoms with Gasteiger partial charge in [0.15, 0.2) is 5.76 Å². The number of furan rings is 1. The molecule has 0 radical (unpaired) electrons. The van der Waals surface area contributed by atoms with Crippen LogP contribution in [0, 0.1) is 12.8 Å². The van der Waals surface area contributed by atoms with Gasteiger partial charge in [-0.1, -0.05) is 6.92 Å². The van der Waals surface area contributed by atoms with Crippen molar-refractivity contribution in [2.45, 2.75) is 38.5 Å².